The summed E-state index contributed by atoms with van der Waals surface area (Å²) in [6.07, 6.45) is 1.56. The van der Waals surface area contributed by atoms with E-state index in [1.165, 1.54) is 0 Å². The second kappa shape index (κ2) is 4.06. The maximum absolute atomic E-state index is 11.0. The summed E-state index contributed by atoms with van der Waals surface area (Å²) in [6, 6.07) is 3.41. The third-order valence-electron chi connectivity index (χ3n) is 1.28. The Morgan fingerprint density at radius 1 is 1.67 bits per heavy atom. The van der Waals surface area contributed by atoms with Crippen molar-refractivity contribution in [1.82, 2.24) is 4.98 Å². The third kappa shape index (κ3) is 2.50. The van der Waals surface area contributed by atoms with Gasteiger partial charge in [-0.1, -0.05) is 6.92 Å². The van der Waals surface area contributed by atoms with Crippen LogP contribution in [0.15, 0.2) is 18.3 Å². The van der Waals surface area contributed by atoms with Crippen LogP contribution in [0.1, 0.15) is 6.92 Å². The predicted octanol–water partition coefficient (Wildman–Crippen LogP) is 0.759. The number of nitrogens with zero attached hydrogens (tertiary/aromatic N) is 1. The van der Waals surface area contributed by atoms with Gasteiger partial charge in [-0.15, -0.1) is 0 Å². The molecule has 1 unspecified atom stereocenters. The first kappa shape index (κ1) is 8.99. The Morgan fingerprint density at radius 3 is 2.92 bits per heavy atom. The zero-order chi connectivity index (χ0) is 8.97. The second-order valence-corrected chi connectivity index (χ2v) is 3.68. The molecule has 5 heteroatoms. The summed E-state index contributed by atoms with van der Waals surface area (Å²) in [7, 11) is -1.02. The van der Waals surface area contributed by atoms with E-state index in [2.05, 4.69) is 9.71 Å². The molecule has 3 N–H and O–H groups in total. The molecule has 1 aromatic heterocycles. The molecule has 0 spiro atoms. The average molecular weight is 185 g/mol. The number of nitrogen functional groups attached to an aromatic ring is 1. The van der Waals surface area contributed by atoms with E-state index in [-0.39, 0.29) is 0 Å². The number of rotatable bonds is 3. The van der Waals surface area contributed by atoms with E-state index < -0.39 is 11.0 Å². The number of nitrogens with two attached hydrogens (primary N) is 1. The fourth-order valence-electron chi connectivity index (χ4n) is 0.669. The van der Waals surface area contributed by atoms with E-state index in [1.807, 2.05) is 6.92 Å². The standard InChI is InChI=1S/C7H11N3OS/c1-2-12(11)10-6-3-4-7(8)9-5-6/h3-5,10H,2H2,1H3,(H2,8,9). The molecule has 0 amide bonds. The molecule has 66 valence electrons. The van der Waals surface area contributed by atoms with Crippen LogP contribution >= 0.6 is 0 Å². The highest BCUT2D eigenvalue weighted by Gasteiger charge is 1.95. The molecule has 0 saturated heterocycles. The van der Waals surface area contributed by atoms with Gasteiger partial charge in [0.1, 0.15) is 16.8 Å². The van der Waals surface area contributed by atoms with Gasteiger partial charge in [0.25, 0.3) is 0 Å². The lowest BCUT2D eigenvalue weighted by molar-refractivity contribution is 0.687. The van der Waals surface area contributed by atoms with Gasteiger partial charge in [-0.25, -0.2) is 9.19 Å². The minimum Gasteiger partial charge on any atom is -0.384 e. The molecule has 0 aliphatic carbocycles. The molecular formula is C7H11N3OS. The molecule has 0 aliphatic heterocycles. The Hall–Kier alpha value is -1.10. The molecule has 0 radical (unpaired) electrons. The Balaban J connectivity index is 2.64. The molecule has 1 rings (SSSR count). The van der Waals surface area contributed by atoms with E-state index >= 15 is 0 Å². The summed E-state index contributed by atoms with van der Waals surface area (Å²) in [5.74, 6) is 1.03. The minimum atomic E-state index is -1.02. The van der Waals surface area contributed by atoms with E-state index in [1.54, 1.807) is 18.3 Å². The van der Waals surface area contributed by atoms with Crippen LogP contribution in [0.5, 0.6) is 0 Å². The maximum Gasteiger partial charge on any atom is 0.123 e. The van der Waals surface area contributed by atoms with Gasteiger partial charge in [0.05, 0.1) is 11.9 Å². The third-order valence-corrected chi connectivity index (χ3v) is 2.27. The highest BCUT2D eigenvalue weighted by atomic mass is 32.2. The van der Waals surface area contributed by atoms with Crippen molar-refractivity contribution >= 4 is 22.5 Å². The predicted molar refractivity (Wildman–Crippen MR) is 51.0 cm³/mol. The Kier molecular flexibility index (Phi) is 3.04. The van der Waals surface area contributed by atoms with Crippen LogP contribution in [-0.2, 0) is 11.0 Å². The van der Waals surface area contributed by atoms with Gasteiger partial charge < -0.3 is 10.5 Å². The van der Waals surface area contributed by atoms with Crippen LogP contribution < -0.4 is 10.5 Å². The van der Waals surface area contributed by atoms with Crippen LogP contribution in [0.3, 0.4) is 0 Å². The van der Waals surface area contributed by atoms with Crippen LogP contribution in [0.25, 0.3) is 0 Å². The van der Waals surface area contributed by atoms with E-state index in [0.29, 0.717) is 11.6 Å². The van der Waals surface area contributed by atoms with E-state index in [9.17, 15) is 4.21 Å². The van der Waals surface area contributed by atoms with Crippen molar-refractivity contribution in [3.05, 3.63) is 18.3 Å². The SMILES string of the molecule is CCS(=O)Nc1ccc(N)nc1. The van der Waals surface area contributed by atoms with Gasteiger partial charge in [-0.05, 0) is 12.1 Å². The van der Waals surface area contributed by atoms with Gasteiger partial charge in [-0.2, -0.15) is 0 Å². The van der Waals surface area contributed by atoms with Crippen LogP contribution in [-0.4, -0.2) is 14.9 Å². The quantitative estimate of drug-likeness (QED) is 0.730. The van der Waals surface area contributed by atoms with Crippen molar-refractivity contribution in [3.63, 3.8) is 0 Å². The normalized spacial score (nSPS) is 12.4. The number of hydrogen-bond acceptors (Lipinski definition) is 3. The van der Waals surface area contributed by atoms with E-state index in [0.717, 1.165) is 5.69 Å². The number of aromatic nitrogens is 1. The lowest BCUT2D eigenvalue weighted by Crippen LogP contribution is -2.06. The number of hydrogen-bond donors (Lipinski definition) is 2. The minimum absolute atomic E-state index is 0.461. The second-order valence-electron chi connectivity index (χ2n) is 2.21. The summed E-state index contributed by atoms with van der Waals surface area (Å²) in [5.41, 5.74) is 6.10. The first-order chi connectivity index (χ1) is 5.72. The summed E-state index contributed by atoms with van der Waals surface area (Å²) in [4.78, 5) is 3.85. The topological polar surface area (TPSA) is 68.0 Å². The molecular weight excluding hydrogens is 174 g/mol. The Morgan fingerprint density at radius 2 is 2.42 bits per heavy atom. The zero-order valence-corrected chi connectivity index (χ0v) is 7.60. The molecule has 12 heavy (non-hydrogen) atoms. The van der Waals surface area contributed by atoms with Crippen molar-refractivity contribution < 1.29 is 4.21 Å². The lowest BCUT2D eigenvalue weighted by atomic mass is 10.4. The van der Waals surface area contributed by atoms with Crippen molar-refractivity contribution in [1.29, 1.82) is 0 Å². The highest BCUT2D eigenvalue weighted by molar-refractivity contribution is 7.86. The molecule has 0 aliphatic rings. The Labute approximate surface area is 73.8 Å². The fourth-order valence-corrected chi connectivity index (χ4v) is 1.20. The molecule has 0 aromatic carbocycles. The van der Waals surface area contributed by atoms with Crippen LogP contribution in [0.2, 0.25) is 0 Å². The smallest absolute Gasteiger partial charge is 0.123 e. The van der Waals surface area contributed by atoms with Gasteiger partial charge in [0, 0.05) is 5.75 Å². The van der Waals surface area contributed by atoms with Gasteiger partial charge in [0.15, 0.2) is 0 Å². The van der Waals surface area contributed by atoms with E-state index in [4.69, 9.17) is 5.73 Å². The van der Waals surface area contributed by atoms with Crippen molar-refractivity contribution in [2.24, 2.45) is 0 Å². The van der Waals surface area contributed by atoms with Gasteiger partial charge >= 0.3 is 0 Å². The van der Waals surface area contributed by atoms with Crippen LogP contribution in [0, 0.1) is 0 Å². The summed E-state index contributed by atoms with van der Waals surface area (Å²) in [5, 5.41) is 0. The van der Waals surface area contributed by atoms with Gasteiger partial charge in [-0.3, -0.25) is 0 Å². The van der Waals surface area contributed by atoms with Crippen molar-refractivity contribution in [3.8, 4) is 0 Å². The molecule has 4 nitrogen and oxygen atoms in total. The maximum atomic E-state index is 11.0. The largest absolute Gasteiger partial charge is 0.384 e. The highest BCUT2D eigenvalue weighted by Crippen LogP contribution is 2.07. The zero-order valence-electron chi connectivity index (χ0n) is 6.78. The van der Waals surface area contributed by atoms with Crippen molar-refractivity contribution in [2.45, 2.75) is 6.92 Å². The first-order valence-electron chi connectivity index (χ1n) is 3.59. The van der Waals surface area contributed by atoms with Gasteiger partial charge in [0.2, 0.25) is 0 Å². The monoisotopic (exact) mass is 185 g/mol. The summed E-state index contributed by atoms with van der Waals surface area (Å²) in [6.45, 7) is 1.84. The molecule has 1 heterocycles. The Bertz CT molecular complexity index is 272. The number of anilines is 2. The molecule has 0 bridgehead atoms. The molecule has 1 aromatic rings. The fraction of sp³-hybridized carbons (Fsp3) is 0.286. The summed E-state index contributed by atoms with van der Waals surface area (Å²) < 4.78 is 13.8. The lowest BCUT2D eigenvalue weighted by Gasteiger charge is -2.02. The molecule has 1 atom stereocenters. The summed E-state index contributed by atoms with van der Waals surface area (Å²) >= 11 is 0. The molecule has 0 fully saturated rings. The molecule has 0 saturated carbocycles. The first-order valence-corrected chi connectivity index (χ1v) is 4.91. The average Bonchev–Trinajstić information content (AvgIpc) is 2.09. The number of nitrogens with one attached hydrogen (secondary N) is 1. The van der Waals surface area contributed by atoms with Crippen LogP contribution in [0.4, 0.5) is 11.5 Å². The van der Waals surface area contributed by atoms with Crippen molar-refractivity contribution in [2.75, 3.05) is 16.2 Å². The number of pyridine rings is 1.